The van der Waals surface area contributed by atoms with Crippen LogP contribution in [0.15, 0.2) is 24.3 Å². The van der Waals surface area contributed by atoms with Crippen molar-refractivity contribution in [1.82, 2.24) is 5.32 Å². The van der Waals surface area contributed by atoms with E-state index in [0.29, 0.717) is 12.8 Å². The molecule has 4 nitrogen and oxygen atoms in total. The number of hydrogen-bond donors (Lipinski definition) is 3. The number of rotatable bonds is 52. The predicted molar refractivity (Wildman–Crippen MR) is 272 cm³/mol. The molecule has 0 spiro atoms. The van der Waals surface area contributed by atoms with Gasteiger partial charge in [-0.1, -0.05) is 289 Å². The van der Waals surface area contributed by atoms with Gasteiger partial charge in [-0.25, -0.2) is 0 Å². The third-order valence-electron chi connectivity index (χ3n) is 13.2. The maximum Gasteiger partial charge on any atom is 0.220 e. The quantitative estimate of drug-likeness (QED) is 0.0422. The normalized spacial score (nSPS) is 12.9. The molecule has 0 aromatic carbocycles. The van der Waals surface area contributed by atoms with E-state index in [9.17, 15) is 15.0 Å². The van der Waals surface area contributed by atoms with Crippen molar-refractivity contribution in [2.45, 2.75) is 328 Å². The van der Waals surface area contributed by atoms with Crippen molar-refractivity contribution >= 4 is 5.91 Å². The zero-order valence-electron chi connectivity index (χ0n) is 41.7. The minimum atomic E-state index is -0.658. The van der Waals surface area contributed by atoms with Crippen molar-refractivity contribution in [2.24, 2.45) is 0 Å². The van der Waals surface area contributed by atoms with E-state index in [-0.39, 0.29) is 12.5 Å². The van der Waals surface area contributed by atoms with Gasteiger partial charge in [0.05, 0.1) is 18.8 Å². The van der Waals surface area contributed by atoms with E-state index >= 15 is 0 Å². The summed E-state index contributed by atoms with van der Waals surface area (Å²) >= 11 is 0. The van der Waals surface area contributed by atoms with Crippen LogP contribution < -0.4 is 5.32 Å². The first-order chi connectivity index (χ1) is 30.2. The molecule has 0 saturated heterocycles. The summed E-state index contributed by atoms with van der Waals surface area (Å²) in [5.41, 5.74) is 0. The lowest BCUT2D eigenvalue weighted by Crippen LogP contribution is -2.45. The van der Waals surface area contributed by atoms with Crippen LogP contribution in [0, 0.1) is 0 Å². The highest BCUT2D eigenvalue weighted by Gasteiger charge is 2.20. The van der Waals surface area contributed by atoms with Gasteiger partial charge in [0.1, 0.15) is 0 Å². The summed E-state index contributed by atoms with van der Waals surface area (Å²) in [4.78, 5) is 12.5. The average molecular weight is 859 g/mol. The molecule has 0 rings (SSSR count). The highest BCUT2D eigenvalue weighted by atomic mass is 16.3. The molecule has 0 aromatic rings. The van der Waals surface area contributed by atoms with Crippen molar-refractivity contribution in [3.63, 3.8) is 0 Å². The minimum Gasteiger partial charge on any atom is -0.394 e. The molecule has 3 N–H and O–H groups in total. The monoisotopic (exact) mass is 858 g/mol. The summed E-state index contributed by atoms with van der Waals surface area (Å²) < 4.78 is 0. The Hall–Kier alpha value is -1.13. The molecular weight excluding hydrogens is 747 g/mol. The number of amides is 1. The van der Waals surface area contributed by atoms with Gasteiger partial charge in [0.25, 0.3) is 0 Å². The number of nitrogens with one attached hydrogen (secondary N) is 1. The standard InChI is InChI=1S/C57H111NO3/c1-3-5-7-9-11-13-15-17-19-21-23-24-25-26-27-28-29-30-31-32-33-34-35-37-39-41-43-45-47-49-51-53-57(61)58-55(54-59)56(60)52-50-48-46-44-42-40-38-36-22-20-18-16-14-12-10-8-6-4-2/h23-24,26-27,55-56,59-60H,3-22,25,28-54H2,1-2H3,(H,58,61)/b24-23-,27-26-. The first-order valence-corrected chi connectivity index (χ1v) is 28.0. The second-order valence-electron chi connectivity index (χ2n) is 19.4. The van der Waals surface area contributed by atoms with E-state index in [1.165, 1.54) is 257 Å². The highest BCUT2D eigenvalue weighted by Crippen LogP contribution is 2.17. The Morgan fingerprint density at radius 3 is 0.984 bits per heavy atom. The largest absolute Gasteiger partial charge is 0.394 e. The van der Waals surface area contributed by atoms with Crippen LogP contribution in [0.3, 0.4) is 0 Å². The van der Waals surface area contributed by atoms with Crippen LogP contribution in [0.2, 0.25) is 0 Å². The van der Waals surface area contributed by atoms with E-state index in [4.69, 9.17) is 0 Å². The van der Waals surface area contributed by atoms with Gasteiger partial charge in [0.15, 0.2) is 0 Å². The molecule has 362 valence electrons. The molecule has 0 heterocycles. The van der Waals surface area contributed by atoms with E-state index in [1.807, 2.05) is 0 Å². The Kier molecular flexibility index (Phi) is 52.2. The lowest BCUT2D eigenvalue weighted by Gasteiger charge is -2.22. The number of aliphatic hydroxyl groups is 2. The summed E-state index contributed by atoms with van der Waals surface area (Å²) in [5, 5.41) is 23.3. The summed E-state index contributed by atoms with van der Waals surface area (Å²) in [6.45, 7) is 4.39. The fourth-order valence-corrected chi connectivity index (χ4v) is 8.92. The fraction of sp³-hybridized carbons (Fsp3) is 0.912. The SMILES string of the molecule is CCCCCCCCCCC/C=C\C/C=C\CCCCCCCCCCCCCCCCCC(=O)NC(CO)C(O)CCCCCCCCCCCCCCCCCCCC. The van der Waals surface area contributed by atoms with Crippen LogP contribution in [0.5, 0.6) is 0 Å². The fourth-order valence-electron chi connectivity index (χ4n) is 8.92. The maximum absolute atomic E-state index is 12.5. The van der Waals surface area contributed by atoms with Crippen LogP contribution >= 0.6 is 0 Å². The molecule has 0 aliphatic carbocycles. The van der Waals surface area contributed by atoms with Crippen LogP contribution in [0.1, 0.15) is 316 Å². The van der Waals surface area contributed by atoms with Gasteiger partial charge in [-0.3, -0.25) is 4.79 Å². The molecule has 2 unspecified atom stereocenters. The Morgan fingerprint density at radius 2 is 0.672 bits per heavy atom. The Labute approximate surface area is 383 Å². The summed E-state index contributed by atoms with van der Waals surface area (Å²) in [5.74, 6) is -0.0265. The van der Waals surface area contributed by atoms with Crippen LogP contribution in [-0.4, -0.2) is 34.9 Å². The van der Waals surface area contributed by atoms with Gasteiger partial charge < -0.3 is 15.5 Å². The number of carbonyl (C=O) groups is 1. The molecule has 4 heteroatoms. The molecule has 0 fully saturated rings. The predicted octanol–water partition coefficient (Wildman–Crippen LogP) is 18.3. The van der Waals surface area contributed by atoms with Crippen molar-refractivity contribution < 1.29 is 15.0 Å². The lowest BCUT2D eigenvalue weighted by atomic mass is 10.0. The molecule has 0 aliphatic heterocycles. The topological polar surface area (TPSA) is 69.6 Å². The number of aliphatic hydroxyl groups excluding tert-OH is 2. The number of hydrogen-bond acceptors (Lipinski definition) is 3. The third kappa shape index (κ3) is 49.7. The Balaban J connectivity index is 3.43. The molecule has 0 bridgehead atoms. The average Bonchev–Trinajstić information content (AvgIpc) is 3.26. The smallest absolute Gasteiger partial charge is 0.220 e. The number of carbonyl (C=O) groups excluding carboxylic acids is 1. The van der Waals surface area contributed by atoms with Crippen LogP contribution in [0.25, 0.3) is 0 Å². The first kappa shape index (κ1) is 59.9. The van der Waals surface area contributed by atoms with Gasteiger partial charge in [-0.15, -0.1) is 0 Å². The Bertz CT molecular complexity index is 886. The Morgan fingerprint density at radius 1 is 0.393 bits per heavy atom. The van der Waals surface area contributed by atoms with Gasteiger partial charge in [-0.2, -0.15) is 0 Å². The zero-order chi connectivity index (χ0) is 44.2. The lowest BCUT2D eigenvalue weighted by molar-refractivity contribution is -0.123. The molecule has 1 amide bonds. The van der Waals surface area contributed by atoms with Gasteiger partial charge in [0.2, 0.25) is 5.91 Å². The molecule has 0 aliphatic rings. The summed E-state index contributed by atoms with van der Waals surface area (Å²) in [6.07, 6.45) is 70.2. The van der Waals surface area contributed by atoms with Crippen molar-refractivity contribution in [3.05, 3.63) is 24.3 Å². The summed E-state index contributed by atoms with van der Waals surface area (Å²) in [7, 11) is 0. The van der Waals surface area contributed by atoms with Gasteiger partial charge in [0, 0.05) is 6.42 Å². The van der Waals surface area contributed by atoms with Crippen molar-refractivity contribution in [2.75, 3.05) is 6.61 Å². The molecule has 0 saturated carbocycles. The second-order valence-corrected chi connectivity index (χ2v) is 19.4. The number of allylic oxidation sites excluding steroid dienone is 4. The van der Waals surface area contributed by atoms with Crippen molar-refractivity contribution in [1.29, 1.82) is 0 Å². The second kappa shape index (κ2) is 53.2. The molecule has 0 aromatic heterocycles. The van der Waals surface area contributed by atoms with Gasteiger partial charge in [-0.05, 0) is 44.9 Å². The van der Waals surface area contributed by atoms with E-state index in [2.05, 4.69) is 43.5 Å². The molecule has 2 atom stereocenters. The van der Waals surface area contributed by atoms with E-state index in [1.54, 1.807) is 0 Å². The minimum absolute atomic E-state index is 0.0265. The summed E-state index contributed by atoms with van der Waals surface area (Å²) in [6, 6.07) is -0.535. The molecular formula is C57H111NO3. The maximum atomic E-state index is 12.5. The van der Waals surface area contributed by atoms with Crippen molar-refractivity contribution in [3.8, 4) is 0 Å². The van der Waals surface area contributed by atoms with Crippen LogP contribution in [0.4, 0.5) is 0 Å². The highest BCUT2D eigenvalue weighted by molar-refractivity contribution is 5.76. The molecule has 0 radical (unpaired) electrons. The van der Waals surface area contributed by atoms with E-state index < -0.39 is 12.1 Å². The van der Waals surface area contributed by atoms with Crippen LogP contribution in [-0.2, 0) is 4.79 Å². The zero-order valence-corrected chi connectivity index (χ0v) is 41.7. The molecule has 61 heavy (non-hydrogen) atoms. The number of unbranched alkanes of at least 4 members (excludes halogenated alkanes) is 41. The first-order valence-electron chi connectivity index (χ1n) is 28.0. The van der Waals surface area contributed by atoms with Gasteiger partial charge >= 0.3 is 0 Å². The van der Waals surface area contributed by atoms with E-state index in [0.717, 1.165) is 32.1 Å². The third-order valence-corrected chi connectivity index (χ3v) is 13.2.